The summed E-state index contributed by atoms with van der Waals surface area (Å²) in [4.78, 5) is 13.7. The van der Waals surface area contributed by atoms with E-state index in [9.17, 15) is 20.1 Å². The number of rotatable bonds is 5. The van der Waals surface area contributed by atoms with Crippen molar-refractivity contribution in [2.45, 2.75) is 125 Å². The molecule has 0 aromatic carbocycles. The van der Waals surface area contributed by atoms with Gasteiger partial charge in [-0.25, -0.2) is 0 Å². The van der Waals surface area contributed by atoms with Crippen molar-refractivity contribution in [2.24, 2.45) is 45.3 Å². The highest BCUT2D eigenvalue weighted by molar-refractivity contribution is 5.95. The Bertz CT molecular complexity index is 852. The van der Waals surface area contributed by atoms with Gasteiger partial charge in [0.2, 0.25) is 0 Å². The van der Waals surface area contributed by atoms with Gasteiger partial charge in [-0.05, 0) is 105 Å². The summed E-state index contributed by atoms with van der Waals surface area (Å²) >= 11 is 0. The molecule has 194 valence electrons. The fourth-order valence-electron chi connectivity index (χ4n) is 9.52. The van der Waals surface area contributed by atoms with Gasteiger partial charge in [0.25, 0.3) is 0 Å². The van der Waals surface area contributed by atoms with Gasteiger partial charge < -0.3 is 15.3 Å². The summed E-state index contributed by atoms with van der Waals surface area (Å²) in [5, 5.41) is 31.3. The lowest BCUT2D eigenvalue weighted by Gasteiger charge is -2.63. The van der Waals surface area contributed by atoms with E-state index in [0.29, 0.717) is 24.2 Å². The molecule has 0 radical (unpaired) electrons. The third-order valence-corrected chi connectivity index (χ3v) is 12.0. The number of aliphatic hydroxyl groups excluding tert-OH is 2. The minimum atomic E-state index is -1.06. The average molecular weight is 475 g/mol. The summed E-state index contributed by atoms with van der Waals surface area (Å²) in [5.74, 6) is 1.58. The van der Waals surface area contributed by atoms with E-state index in [2.05, 4.69) is 41.5 Å². The third kappa shape index (κ3) is 3.60. The number of hydrogen-bond acceptors (Lipinski definition) is 4. The van der Waals surface area contributed by atoms with E-state index in [1.54, 1.807) is 13.8 Å². The Labute approximate surface area is 207 Å². The van der Waals surface area contributed by atoms with Crippen LogP contribution < -0.4 is 0 Å². The molecule has 4 nitrogen and oxygen atoms in total. The van der Waals surface area contributed by atoms with Crippen LogP contribution in [0.1, 0.15) is 107 Å². The highest BCUT2D eigenvalue weighted by atomic mass is 16.3. The molecule has 0 saturated heterocycles. The van der Waals surface area contributed by atoms with Crippen LogP contribution in [-0.4, -0.2) is 38.9 Å². The summed E-state index contributed by atoms with van der Waals surface area (Å²) in [7, 11) is 0. The molecule has 34 heavy (non-hydrogen) atoms. The predicted molar refractivity (Wildman–Crippen MR) is 136 cm³/mol. The maximum absolute atomic E-state index is 13.7. The number of fused-ring (bicyclic) bond motifs is 5. The molecule has 9 atom stereocenters. The minimum absolute atomic E-state index is 0.0214. The van der Waals surface area contributed by atoms with Gasteiger partial charge in [0.05, 0.1) is 17.8 Å². The summed E-state index contributed by atoms with van der Waals surface area (Å²) in [6.07, 6.45) is 8.75. The fourth-order valence-corrected chi connectivity index (χ4v) is 9.52. The first-order valence-corrected chi connectivity index (χ1v) is 13.8. The van der Waals surface area contributed by atoms with Crippen LogP contribution in [0, 0.1) is 45.3 Å². The quantitative estimate of drug-likeness (QED) is 0.479. The molecule has 0 aromatic heterocycles. The first-order chi connectivity index (χ1) is 15.5. The molecule has 3 fully saturated rings. The molecule has 4 aliphatic rings. The van der Waals surface area contributed by atoms with Gasteiger partial charge in [-0.3, -0.25) is 4.79 Å². The van der Waals surface area contributed by atoms with Crippen LogP contribution in [0.4, 0.5) is 0 Å². The minimum Gasteiger partial charge on any atom is -0.393 e. The first-order valence-electron chi connectivity index (χ1n) is 13.8. The number of carbonyl (C=O) groups excluding carboxylic acids is 1. The van der Waals surface area contributed by atoms with Crippen LogP contribution in [0.15, 0.2) is 11.6 Å². The molecule has 0 aliphatic heterocycles. The SMILES string of the molecule is C[C@@H](CC[C@H](O)C(C)(C)O)[C@@H]1CC[C@]2(C)C3=CC(=O)[C@H]4C(C)(C)[C@@H](O)CC[C@]4(C)[C@H]3CC[C@@]12C. The van der Waals surface area contributed by atoms with Gasteiger partial charge in [0, 0.05) is 11.3 Å². The Balaban J connectivity index is 1.63. The van der Waals surface area contributed by atoms with E-state index in [0.717, 1.165) is 38.5 Å². The normalized spacial score (nSPS) is 45.6. The third-order valence-electron chi connectivity index (χ3n) is 12.0. The Morgan fingerprint density at radius 1 is 1.03 bits per heavy atom. The van der Waals surface area contributed by atoms with E-state index < -0.39 is 17.8 Å². The molecular formula is C30H50O4. The van der Waals surface area contributed by atoms with E-state index in [1.165, 1.54) is 12.0 Å². The monoisotopic (exact) mass is 474 g/mol. The second-order valence-electron chi connectivity index (χ2n) is 14.5. The topological polar surface area (TPSA) is 77.8 Å². The highest BCUT2D eigenvalue weighted by Crippen LogP contribution is 2.73. The molecule has 4 heteroatoms. The fraction of sp³-hybridized carbons (Fsp3) is 0.900. The second kappa shape index (κ2) is 8.15. The Hall–Kier alpha value is -0.710. The average Bonchev–Trinajstić information content (AvgIpc) is 3.00. The number of aliphatic hydroxyl groups is 3. The Kier molecular flexibility index (Phi) is 6.32. The van der Waals surface area contributed by atoms with Crippen LogP contribution in [0.3, 0.4) is 0 Å². The molecule has 0 heterocycles. The molecule has 0 unspecified atom stereocenters. The Morgan fingerprint density at radius 2 is 1.68 bits per heavy atom. The van der Waals surface area contributed by atoms with Gasteiger partial charge >= 0.3 is 0 Å². The van der Waals surface area contributed by atoms with Crippen LogP contribution in [0.2, 0.25) is 0 Å². The molecular weight excluding hydrogens is 424 g/mol. The van der Waals surface area contributed by atoms with E-state index in [-0.39, 0.29) is 33.4 Å². The highest BCUT2D eigenvalue weighted by Gasteiger charge is 2.66. The molecule has 0 amide bonds. The molecule has 4 rings (SSSR count). The molecule has 0 aromatic rings. The van der Waals surface area contributed by atoms with Crippen molar-refractivity contribution in [1.82, 2.24) is 0 Å². The van der Waals surface area contributed by atoms with E-state index in [1.807, 2.05) is 6.08 Å². The summed E-state index contributed by atoms with van der Waals surface area (Å²) in [6, 6.07) is 0. The first kappa shape index (κ1) is 26.4. The second-order valence-corrected chi connectivity index (χ2v) is 14.5. The summed E-state index contributed by atoms with van der Waals surface area (Å²) in [5.41, 5.74) is 0.0431. The molecule has 3 saturated carbocycles. The molecule has 3 N–H and O–H groups in total. The van der Waals surface area contributed by atoms with Crippen molar-refractivity contribution in [3.63, 3.8) is 0 Å². The number of ketones is 1. The molecule has 0 bridgehead atoms. The lowest BCUT2D eigenvalue weighted by molar-refractivity contribution is -0.157. The van der Waals surface area contributed by atoms with Crippen molar-refractivity contribution in [3.05, 3.63) is 11.6 Å². The van der Waals surface area contributed by atoms with Gasteiger partial charge in [-0.2, -0.15) is 0 Å². The Morgan fingerprint density at radius 3 is 2.29 bits per heavy atom. The van der Waals surface area contributed by atoms with Crippen molar-refractivity contribution in [3.8, 4) is 0 Å². The van der Waals surface area contributed by atoms with Crippen molar-refractivity contribution in [1.29, 1.82) is 0 Å². The predicted octanol–water partition coefficient (Wildman–Crippen LogP) is 5.68. The van der Waals surface area contributed by atoms with Gasteiger partial charge in [-0.1, -0.05) is 47.1 Å². The van der Waals surface area contributed by atoms with E-state index >= 15 is 0 Å². The molecule has 4 aliphatic carbocycles. The van der Waals surface area contributed by atoms with Gasteiger partial charge in [0.1, 0.15) is 0 Å². The van der Waals surface area contributed by atoms with Crippen molar-refractivity contribution < 1.29 is 20.1 Å². The number of hydrogen-bond donors (Lipinski definition) is 3. The van der Waals surface area contributed by atoms with Crippen molar-refractivity contribution in [2.75, 3.05) is 0 Å². The number of carbonyl (C=O) groups is 1. The van der Waals surface area contributed by atoms with Crippen LogP contribution >= 0.6 is 0 Å². The van der Waals surface area contributed by atoms with Gasteiger partial charge in [0.15, 0.2) is 5.78 Å². The maximum Gasteiger partial charge on any atom is 0.159 e. The standard InChI is InChI=1S/C30H50O4/c1-18(9-10-24(33)27(4,5)34)19-11-15-30(8)21-17-22(31)25-26(2,3)23(32)13-14-28(25,6)20(21)12-16-29(19,30)7/h17-20,23-25,32-34H,9-16H2,1-8H3/t18-,19-,20-,23-,24-,25-,28+,29-,30+/m0/s1. The van der Waals surface area contributed by atoms with Crippen LogP contribution in [-0.2, 0) is 4.79 Å². The zero-order valence-corrected chi connectivity index (χ0v) is 22.9. The largest absolute Gasteiger partial charge is 0.393 e. The summed E-state index contributed by atoms with van der Waals surface area (Å²) < 4.78 is 0. The van der Waals surface area contributed by atoms with Crippen LogP contribution in [0.5, 0.6) is 0 Å². The zero-order chi connectivity index (χ0) is 25.5. The van der Waals surface area contributed by atoms with Crippen molar-refractivity contribution >= 4 is 5.78 Å². The maximum atomic E-state index is 13.7. The smallest absolute Gasteiger partial charge is 0.159 e. The number of allylic oxidation sites excluding steroid dienone is 2. The van der Waals surface area contributed by atoms with Crippen LogP contribution in [0.25, 0.3) is 0 Å². The van der Waals surface area contributed by atoms with E-state index in [4.69, 9.17) is 0 Å². The summed E-state index contributed by atoms with van der Waals surface area (Å²) in [6.45, 7) is 17.1. The zero-order valence-electron chi connectivity index (χ0n) is 22.9. The van der Waals surface area contributed by atoms with Gasteiger partial charge in [-0.15, -0.1) is 0 Å². The molecule has 0 spiro atoms. The lowest BCUT2D eigenvalue weighted by Crippen LogP contribution is -2.60. The lowest BCUT2D eigenvalue weighted by atomic mass is 9.40.